The van der Waals surface area contributed by atoms with Crippen LogP contribution >= 0.6 is 7.60 Å². The minimum atomic E-state index is -3.32. The van der Waals surface area contributed by atoms with Gasteiger partial charge in [0.15, 0.2) is 0 Å². The van der Waals surface area contributed by atoms with Gasteiger partial charge in [-0.25, -0.2) is 0 Å². The number of aromatic nitrogens is 1. The number of hydrogen-bond donors (Lipinski definition) is 1. The molecule has 0 bridgehead atoms. The molecule has 0 radical (unpaired) electrons. The lowest BCUT2D eigenvalue weighted by atomic mass is 10.2. The monoisotopic (exact) mass is 363 g/mol. The Kier molecular flexibility index (Phi) is 7.14. The molecule has 1 atom stereocenters. The predicted octanol–water partition coefficient (Wildman–Crippen LogP) is 3.46. The Morgan fingerprint density at radius 1 is 1.12 bits per heavy atom. The van der Waals surface area contributed by atoms with Crippen molar-refractivity contribution < 1.29 is 13.6 Å². The van der Waals surface area contributed by atoms with E-state index in [0.717, 1.165) is 23.4 Å². The maximum atomic E-state index is 13.0. The minimum Gasteiger partial charge on any atom is -0.378 e. The fourth-order valence-electron chi connectivity index (χ4n) is 2.54. The van der Waals surface area contributed by atoms with E-state index in [9.17, 15) is 4.57 Å². The number of nitrogens with one attached hydrogen (secondary N) is 1. The molecule has 0 saturated heterocycles. The van der Waals surface area contributed by atoms with Crippen LogP contribution in [0.25, 0.3) is 0 Å². The summed E-state index contributed by atoms with van der Waals surface area (Å²) in [6.45, 7) is 0.605. The zero-order chi connectivity index (χ0) is 18.3. The van der Waals surface area contributed by atoms with Gasteiger partial charge in [0, 0.05) is 58.9 Å². The summed E-state index contributed by atoms with van der Waals surface area (Å²) in [6, 6.07) is 13.7. The predicted molar refractivity (Wildman–Crippen MR) is 101 cm³/mol. The Bertz CT molecular complexity index is 684. The van der Waals surface area contributed by atoms with Gasteiger partial charge < -0.3 is 13.9 Å². The highest BCUT2D eigenvalue weighted by molar-refractivity contribution is 7.54. The third-order valence-corrected chi connectivity index (χ3v) is 6.13. The molecule has 136 valence electrons. The highest BCUT2D eigenvalue weighted by atomic mass is 31.2. The van der Waals surface area contributed by atoms with Gasteiger partial charge >= 0.3 is 7.60 Å². The summed E-state index contributed by atoms with van der Waals surface area (Å²) in [5.74, 6) is -0.539. The summed E-state index contributed by atoms with van der Waals surface area (Å²) in [7, 11) is 3.46. The number of rotatable bonds is 9. The molecule has 1 aromatic carbocycles. The molecule has 0 spiro atoms. The summed E-state index contributed by atoms with van der Waals surface area (Å²) in [5, 5.41) is 3.31. The van der Waals surface area contributed by atoms with Crippen LogP contribution in [0.3, 0.4) is 0 Å². The van der Waals surface area contributed by atoms with Crippen molar-refractivity contribution in [3.05, 3.63) is 59.9 Å². The first-order valence-electron chi connectivity index (χ1n) is 8.12. The van der Waals surface area contributed by atoms with Crippen LogP contribution in [0.2, 0.25) is 0 Å². The number of hydrogen-bond acceptors (Lipinski definition) is 6. The summed E-state index contributed by atoms with van der Waals surface area (Å²) in [4.78, 5) is 6.32. The zero-order valence-corrected chi connectivity index (χ0v) is 16.1. The van der Waals surface area contributed by atoms with Crippen LogP contribution in [0.1, 0.15) is 17.0 Å². The van der Waals surface area contributed by atoms with Crippen molar-refractivity contribution in [2.24, 2.45) is 0 Å². The standard InChI is InChI=1S/C18H26N3O3P/c1-21(2)17-10-8-15(9-11-17)18(25(22,23-3)24-4)20-14-12-16-7-5-6-13-19-16/h5-11,13,18,20H,12,14H2,1-4H3. The highest BCUT2D eigenvalue weighted by Gasteiger charge is 2.35. The molecule has 0 saturated carbocycles. The normalized spacial score (nSPS) is 12.8. The first kappa shape index (κ1) is 19.6. The fraction of sp³-hybridized carbons (Fsp3) is 0.389. The molecule has 2 aromatic rings. The second kappa shape index (κ2) is 9.11. The second-order valence-electron chi connectivity index (χ2n) is 5.82. The Morgan fingerprint density at radius 2 is 1.80 bits per heavy atom. The number of pyridine rings is 1. The van der Waals surface area contributed by atoms with Crippen LogP contribution in [0.4, 0.5) is 5.69 Å². The van der Waals surface area contributed by atoms with Gasteiger partial charge in [-0.15, -0.1) is 0 Å². The van der Waals surface area contributed by atoms with Crippen LogP contribution in [0.15, 0.2) is 48.7 Å². The Hall–Kier alpha value is -1.72. The largest absolute Gasteiger partial charge is 0.378 e. The fourth-order valence-corrected chi connectivity index (χ4v) is 4.00. The van der Waals surface area contributed by atoms with Gasteiger partial charge in [-0.1, -0.05) is 18.2 Å². The van der Waals surface area contributed by atoms with E-state index in [0.29, 0.717) is 6.54 Å². The molecule has 1 aromatic heterocycles. The molecular formula is C18H26N3O3P. The molecule has 6 nitrogen and oxygen atoms in total. The molecule has 25 heavy (non-hydrogen) atoms. The van der Waals surface area contributed by atoms with E-state index < -0.39 is 13.4 Å². The van der Waals surface area contributed by atoms with Crippen molar-refractivity contribution in [2.75, 3.05) is 39.8 Å². The van der Waals surface area contributed by atoms with Crippen LogP contribution < -0.4 is 10.2 Å². The Labute approximate surface area is 149 Å². The van der Waals surface area contributed by atoms with Crippen molar-refractivity contribution in [1.29, 1.82) is 0 Å². The lowest BCUT2D eigenvalue weighted by Crippen LogP contribution is -2.25. The number of nitrogens with zero attached hydrogens (tertiary/aromatic N) is 2. The molecule has 0 aliphatic heterocycles. The SMILES string of the molecule is COP(=O)(OC)C(NCCc1ccccn1)c1ccc(N(C)C)cc1. The topological polar surface area (TPSA) is 63.7 Å². The molecule has 1 heterocycles. The minimum absolute atomic E-state index is 0.539. The molecule has 1 N–H and O–H groups in total. The third kappa shape index (κ3) is 5.13. The van der Waals surface area contributed by atoms with Gasteiger partial charge in [-0.3, -0.25) is 14.9 Å². The first-order chi connectivity index (χ1) is 12.0. The van der Waals surface area contributed by atoms with Crippen LogP contribution in [0, 0.1) is 0 Å². The van der Waals surface area contributed by atoms with Gasteiger partial charge in [0.05, 0.1) is 0 Å². The number of benzene rings is 1. The van der Waals surface area contributed by atoms with Crippen molar-refractivity contribution in [1.82, 2.24) is 10.3 Å². The molecule has 2 rings (SSSR count). The van der Waals surface area contributed by atoms with E-state index >= 15 is 0 Å². The number of anilines is 1. The van der Waals surface area contributed by atoms with E-state index in [1.54, 1.807) is 6.20 Å². The van der Waals surface area contributed by atoms with Crippen molar-refractivity contribution in [3.63, 3.8) is 0 Å². The van der Waals surface area contributed by atoms with Gasteiger partial charge in [0.25, 0.3) is 0 Å². The van der Waals surface area contributed by atoms with Crippen LogP contribution in [-0.2, 0) is 20.0 Å². The summed E-state index contributed by atoms with van der Waals surface area (Å²) >= 11 is 0. The summed E-state index contributed by atoms with van der Waals surface area (Å²) < 4.78 is 23.4. The van der Waals surface area contributed by atoms with Crippen molar-refractivity contribution in [3.8, 4) is 0 Å². The van der Waals surface area contributed by atoms with E-state index in [2.05, 4.69) is 10.3 Å². The van der Waals surface area contributed by atoms with Crippen LogP contribution in [-0.4, -0.2) is 39.8 Å². The highest BCUT2D eigenvalue weighted by Crippen LogP contribution is 2.58. The molecule has 0 fully saturated rings. The van der Waals surface area contributed by atoms with E-state index in [1.165, 1.54) is 14.2 Å². The lowest BCUT2D eigenvalue weighted by molar-refractivity contribution is 0.259. The Balaban J connectivity index is 2.16. The van der Waals surface area contributed by atoms with E-state index in [1.807, 2.05) is 61.5 Å². The van der Waals surface area contributed by atoms with Crippen LogP contribution in [0.5, 0.6) is 0 Å². The molecule has 0 aliphatic carbocycles. The van der Waals surface area contributed by atoms with Gasteiger partial charge in [-0.2, -0.15) is 0 Å². The zero-order valence-electron chi connectivity index (χ0n) is 15.2. The molecule has 0 aliphatic rings. The molecule has 7 heteroatoms. The van der Waals surface area contributed by atoms with Crippen molar-refractivity contribution >= 4 is 13.3 Å². The smallest absolute Gasteiger partial charge is 0.351 e. The lowest BCUT2D eigenvalue weighted by Gasteiger charge is -2.26. The molecule has 0 amide bonds. The van der Waals surface area contributed by atoms with Crippen molar-refractivity contribution in [2.45, 2.75) is 12.2 Å². The van der Waals surface area contributed by atoms with Gasteiger partial charge in [0.1, 0.15) is 5.78 Å². The third-order valence-electron chi connectivity index (χ3n) is 4.00. The van der Waals surface area contributed by atoms with Gasteiger partial charge in [-0.05, 0) is 29.8 Å². The average molecular weight is 363 g/mol. The van der Waals surface area contributed by atoms with Gasteiger partial charge in [0.2, 0.25) is 0 Å². The molecular weight excluding hydrogens is 337 g/mol. The summed E-state index contributed by atoms with van der Waals surface area (Å²) in [6.07, 6.45) is 2.49. The molecule has 1 unspecified atom stereocenters. The maximum absolute atomic E-state index is 13.0. The first-order valence-corrected chi connectivity index (χ1v) is 9.73. The maximum Gasteiger partial charge on any atom is 0.351 e. The second-order valence-corrected chi connectivity index (χ2v) is 8.15. The quantitative estimate of drug-likeness (QED) is 0.689. The van der Waals surface area contributed by atoms with E-state index in [-0.39, 0.29) is 0 Å². The van der Waals surface area contributed by atoms with E-state index in [4.69, 9.17) is 9.05 Å². The Morgan fingerprint density at radius 3 is 2.32 bits per heavy atom. The average Bonchev–Trinajstić information content (AvgIpc) is 2.65. The summed E-state index contributed by atoms with van der Waals surface area (Å²) in [5.41, 5.74) is 2.90.